The molecule has 0 aliphatic rings. The minimum Gasteiger partial charge on any atom is -0.493 e. The van der Waals surface area contributed by atoms with Crippen LogP contribution in [0.5, 0.6) is 11.5 Å². The van der Waals surface area contributed by atoms with Crippen molar-refractivity contribution in [1.82, 2.24) is 0 Å². The summed E-state index contributed by atoms with van der Waals surface area (Å²) in [6, 6.07) is 10.4. The predicted molar refractivity (Wildman–Crippen MR) is 104 cm³/mol. The Morgan fingerprint density at radius 3 is 2.46 bits per heavy atom. The first kappa shape index (κ1) is 21.2. The van der Waals surface area contributed by atoms with Crippen LogP contribution in [0, 0.1) is 5.82 Å². The van der Waals surface area contributed by atoms with E-state index in [-0.39, 0.29) is 5.56 Å². The normalized spacial score (nSPS) is 11.9. The maximum atomic E-state index is 12.9. The number of carbonyl (C=O) groups is 2. The second-order valence-corrected chi connectivity index (χ2v) is 6.04. The maximum absolute atomic E-state index is 12.9. The number of ether oxygens (including phenoxy) is 3. The summed E-state index contributed by atoms with van der Waals surface area (Å²) >= 11 is 0. The molecule has 2 aromatic rings. The van der Waals surface area contributed by atoms with Crippen LogP contribution in [-0.4, -0.2) is 31.6 Å². The molecular weight excluding hydrogens is 363 g/mol. The van der Waals surface area contributed by atoms with Crippen LogP contribution in [0.3, 0.4) is 0 Å². The van der Waals surface area contributed by atoms with E-state index < -0.39 is 23.7 Å². The fourth-order valence-corrected chi connectivity index (χ4v) is 2.40. The first-order chi connectivity index (χ1) is 13.4. The van der Waals surface area contributed by atoms with Crippen molar-refractivity contribution in [2.24, 2.45) is 0 Å². The summed E-state index contributed by atoms with van der Waals surface area (Å²) in [5.74, 6) is -0.314. The molecule has 0 aliphatic carbocycles. The molecule has 0 spiro atoms. The van der Waals surface area contributed by atoms with E-state index in [2.05, 4.69) is 0 Å². The number of hydrogen-bond donors (Lipinski definition) is 0. The molecule has 0 saturated carbocycles. The first-order valence-corrected chi connectivity index (χ1v) is 8.94. The second-order valence-electron chi connectivity index (χ2n) is 6.04. The molecule has 0 N–H and O–H groups in total. The van der Waals surface area contributed by atoms with Crippen LogP contribution in [0.25, 0.3) is 6.08 Å². The summed E-state index contributed by atoms with van der Waals surface area (Å²) < 4.78 is 28.9. The van der Waals surface area contributed by atoms with E-state index in [1.54, 1.807) is 31.4 Å². The zero-order valence-corrected chi connectivity index (χ0v) is 16.1. The van der Waals surface area contributed by atoms with E-state index in [1.807, 2.05) is 6.92 Å². The molecule has 28 heavy (non-hydrogen) atoms. The van der Waals surface area contributed by atoms with Gasteiger partial charge in [0.1, 0.15) is 5.82 Å². The number of ketones is 1. The van der Waals surface area contributed by atoms with Gasteiger partial charge in [0.2, 0.25) is 5.78 Å². The highest BCUT2D eigenvalue weighted by molar-refractivity contribution is 6.01. The van der Waals surface area contributed by atoms with Crippen molar-refractivity contribution in [3.8, 4) is 11.5 Å². The Bertz CT molecular complexity index is 843. The Kier molecular flexibility index (Phi) is 7.75. The van der Waals surface area contributed by atoms with Crippen molar-refractivity contribution in [1.29, 1.82) is 0 Å². The number of benzene rings is 2. The number of methoxy groups -OCH3 is 1. The smallest absolute Gasteiger partial charge is 0.331 e. The second kappa shape index (κ2) is 10.3. The van der Waals surface area contributed by atoms with Gasteiger partial charge >= 0.3 is 5.97 Å². The lowest BCUT2D eigenvalue weighted by molar-refractivity contribution is -0.140. The molecule has 1 atom stereocenters. The van der Waals surface area contributed by atoms with Gasteiger partial charge in [-0.1, -0.05) is 13.0 Å². The van der Waals surface area contributed by atoms with Crippen molar-refractivity contribution < 1.29 is 28.2 Å². The van der Waals surface area contributed by atoms with Gasteiger partial charge in [-0.25, -0.2) is 9.18 Å². The molecule has 0 aliphatic heterocycles. The van der Waals surface area contributed by atoms with Crippen LogP contribution in [0.15, 0.2) is 48.5 Å². The van der Waals surface area contributed by atoms with Crippen molar-refractivity contribution >= 4 is 17.8 Å². The van der Waals surface area contributed by atoms with Crippen LogP contribution in [-0.2, 0) is 9.53 Å². The van der Waals surface area contributed by atoms with Gasteiger partial charge in [-0.15, -0.1) is 0 Å². The lowest BCUT2D eigenvalue weighted by atomic mass is 10.1. The van der Waals surface area contributed by atoms with Gasteiger partial charge in [-0.3, -0.25) is 4.79 Å². The van der Waals surface area contributed by atoms with Crippen LogP contribution < -0.4 is 9.47 Å². The molecule has 2 rings (SSSR count). The summed E-state index contributed by atoms with van der Waals surface area (Å²) in [5, 5.41) is 0. The predicted octanol–water partition coefficient (Wildman–Crippen LogP) is 4.45. The molecule has 148 valence electrons. The summed E-state index contributed by atoms with van der Waals surface area (Å²) in [6.07, 6.45) is 2.69. The third kappa shape index (κ3) is 5.94. The molecule has 0 radical (unpaired) electrons. The number of esters is 1. The van der Waals surface area contributed by atoms with Crippen LogP contribution in [0.2, 0.25) is 0 Å². The Morgan fingerprint density at radius 2 is 1.82 bits per heavy atom. The first-order valence-electron chi connectivity index (χ1n) is 8.94. The summed E-state index contributed by atoms with van der Waals surface area (Å²) in [7, 11) is 1.54. The standard InChI is InChI=1S/C22H23FO5/c1-4-13-27-19-11-5-16(14-20(19)26-3)6-12-21(24)28-15(2)22(25)17-7-9-18(23)10-8-17/h5-12,14-15H,4,13H2,1-3H3/b12-6+/t15-/m1/s1. The molecule has 0 amide bonds. The molecular formula is C22H23FO5. The zero-order valence-electron chi connectivity index (χ0n) is 16.1. The largest absolute Gasteiger partial charge is 0.493 e. The number of rotatable bonds is 9. The van der Waals surface area contributed by atoms with E-state index in [0.29, 0.717) is 18.1 Å². The van der Waals surface area contributed by atoms with Crippen molar-refractivity contribution in [2.45, 2.75) is 26.4 Å². The van der Waals surface area contributed by atoms with Gasteiger partial charge < -0.3 is 14.2 Å². The monoisotopic (exact) mass is 386 g/mol. The quantitative estimate of drug-likeness (QED) is 0.362. The lowest BCUT2D eigenvalue weighted by Gasteiger charge is -2.11. The van der Waals surface area contributed by atoms with Crippen molar-refractivity contribution in [2.75, 3.05) is 13.7 Å². The maximum Gasteiger partial charge on any atom is 0.331 e. The Hall–Kier alpha value is -3.15. The molecule has 5 nitrogen and oxygen atoms in total. The highest BCUT2D eigenvalue weighted by Crippen LogP contribution is 2.28. The van der Waals surface area contributed by atoms with Gasteiger partial charge in [0.25, 0.3) is 0 Å². The molecule has 0 unspecified atom stereocenters. The van der Waals surface area contributed by atoms with Gasteiger partial charge in [-0.2, -0.15) is 0 Å². The topological polar surface area (TPSA) is 61.8 Å². The van der Waals surface area contributed by atoms with Gasteiger partial charge in [-0.05, 0) is 61.4 Å². The van der Waals surface area contributed by atoms with Crippen molar-refractivity contribution in [3.05, 3.63) is 65.5 Å². The minimum atomic E-state index is -0.984. The fourth-order valence-electron chi connectivity index (χ4n) is 2.40. The minimum absolute atomic E-state index is 0.276. The SMILES string of the molecule is CCCOc1ccc(/C=C/C(=O)O[C@H](C)C(=O)c2ccc(F)cc2)cc1OC. The number of carbonyl (C=O) groups excluding carboxylic acids is 2. The molecule has 0 fully saturated rings. The molecule has 0 bridgehead atoms. The van der Waals surface area contributed by atoms with E-state index >= 15 is 0 Å². The van der Waals surface area contributed by atoms with Gasteiger partial charge in [0.15, 0.2) is 17.6 Å². The van der Waals surface area contributed by atoms with Crippen LogP contribution in [0.1, 0.15) is 36.2 Å². The summed E-state index contributed by atoms with van der Waals surface area (Å²) in [6.45, 7) is 4.06. The van der Waals surface area contributed by atoms with E-state index in [9.17, 15) is 14.0 Å². The zero-order chi connectivity index (χ0) is 20.5. The Labute approximate surface area is 163 Å². The fraction of sp³-hybridized carbons (Fsp3) is 0.273. The highest BCUT2D eigenvalue weighted by Gasteiger charge is 2.18. The van der Waals surface area contributed by atoms with Gasteiger partial charge in [0.05, 0.1) is 13.7 Å². The molecule has 2 aromatic carbocycles. The van der Waals surface area contributed by atoms with Crippen LogP contribution in [0.4, 0.5) is 4.39 Å². The molecule has 0 heterocycles. The Morgan fingerprint density at radius 1 is 1.11 bits per heavy atom. The number of Topliss-reactive ketones (excluding diaryl/α,β-unsaturated/α-hetero) is 1. The Balaban J connectivity index is 1.98. The summed E-state index contributed by atoms with van der Waals surface area (Å²) in [4.78, 5) is 24.2. The number of halogens is 1. The average molecular weight is 386 g/mol. The average Bonchev–Trinajstić information content (AvgIpc) is 2.70. The molecule has 0 aromatic heterocycles. The lowest BCUT2D eigenvalue weighted by Crippen LogP contribution is -2.23. The van der Waals surface area contributed by atoms with Gasteiger partial charge in [0, 0.05) is 11.6 Å². The molecule has 0 saturated heterocycles. The van der Waals surface area contributed by atoms with Crippen molar-refractivity contribution in [3.63, 3.8) is 0 Å². The number of hydrogen-bond acceptors (Lipinski definition) is 5. The highest BCUT2D eigenvalue weighted by atomic mass is 19.1. The van der Waals surface area contributed by atoms with E-state index in [0.717, 1.165) is 12.0 Å². The molecule has 6 heteroatoms. The third-order valence-electron chi connectivity index (χ3n) is 3.85. The van der Waals surface area contributed by atoms with E-state index in [1.165, 1.54) is 37.3 Å². The summed E-state index contributed by atoms with van der Waals surface area (Å²) in [5.41, 5.74) is 0.994. The van der Waals surface area contributed by atoms with E-state index in [4.69, 9.17) is 14.2 Å². The third-order valence-corrected chi connectivity index (χ3v) is 3.85. The van der Waals surface area contributed by atoms with Crippen LogP contribution >= 0.6 is 0 Å².